The standard InChI is InChI=1S/C19H24N2O3/c1-14-8-9-15(13-20-14)19(23)21-10-4-2-3-6-16(21)12-17(22)18-7-5-11-24-18/h5,7-9,11,13,16-17,22H,2-4,6,10,12H2,1H3/t16-,17+/m1/s1. The van der Waals surface area contributed by atoms with Gasteiger partial charge < -0.3 is 14.4 Å². The Morgan fingerprint density at radius 2 is 2.25 bits per heavy atom. The molecule has 0 aromatic carbocycles. The topological polar surface area (TPSA) is 66.6 Å². The number of aromatic nitrogens is 1. The molecule has 0 saturated carbocycles. The van der Waals surface area contributed by atoms with Gasteiger partial charge in [-0.1, -0.05) is 12.8 Å². The molecule has 2 aromatic heterocycles. The van der Waals surface area contributed by atoms with Gasteiger partial charge in [0.1, 0.15) is 11.9 Å². The Kier molecular flexibility index (Phi) is 5.30. The van der Waals surface area contributed by atoms with Crippen molar-refractivity contribution in [1.29, 1.82) is 0 Å². The lowest BCUT2D eigenvalue weighted by molar-refractivity contribution is 0.0557. The van der Waals surface area contributed by atoms with Crippen molar-refractivity contribution in [2.24, 2.45) is 0 Å². The lowest BCUT2D eigenvalue weighted by Gasteiger charge is -2.31. The third kappa shape index (κ3) is 3.85. The molecule has 0 radical (unpaired) electrons. The molecule has 2 atom stereocenters. The van der Waals surface area contributed by atoms with Crippen molar-refractivity contribution in [2.75, 3.05) is 6.54 Å². The summed E-state index contributed by atoms with van der Waals surface area (Å²) in [6.07, 6.45) is 7.11. The van der Waals surface area contributed by atoms with Gasteiger partial charge in [-0.05, 0) is 44.0 Å². The van der Waals surface area contributed by atoms with Crippen molar-refractivity contribution < 1.29 is 14.3 Å². The van der Waals surface area contributed by atoms with Crippen LogP contribution in [0.5, 0.6) is 0 Å². The van der Waals surface area contributed by atoms with E-state index in [1.807, 2.05) is 24.0 Å². The van der Waals surface area contributed by atoms with Gasteiger partial charge in [0.2, 0.25) is 0 Å². The SMILES string of the molecule is Cc1ccc(C(=O)N2CCCCC[C@@H]2C[C@H](O)c2ccco2)cn1. The number of likely N-dealkylation sites (tertiary alicyclic amines) is 1. The molecule has 1 aliphatic heterocycles. The highest BCUT2D eigenvalue weighted by Gasteiger charge is 2.29. The van der Waals surface area contributed by atoms with Crippen LogP contribution in [0.15, 0.2) is 41.1 Å². The second kappa shape index (κ2) is 7.62. The molecule has 1 aliphatic rings. The second-order valence-corrected chi connectivity index (χ2v) is 6.46. The number of aliphatic hydroxyl groups is 1. The summed E-state index contributed by atoms with van der Waals surface area (Å²) in [5.41, 5.74) is 1.51. The summed E-state index contributed by atoms with van der Waals surface area (Å²) >= 11 is 0. The van der Waals surface area contributed by atoms with Gasteiger partial charge in [-0.3, -0.25) is 9.78 Å². The van der Waals surface area contributed by atoms with Crippen LogP contribution in [0.25, 0.3) is 0 Å². The zero-order valence-corrected chi connectivity index (χ0v) is 14.0. The van der Waals surface area contributed by atoms with Crippen molar-refractivity contribution in [3.63, 3.8) is 0 Å². The molecular formula is C19H24N2O3. The van der Waals surface area contributed by atoms with Crippen molar-refractivity contribution >= 4 is 5.91 Å². The van der Waals surface area contributed by atoms with E-state index in [0.717, 1.165) is 37.9 Å². The largest absolute Gasteiger partial charge is 0.467 e. The molecular weight excluding hydrogens is 304 g/mol. The van der Waals surface area contributed by atoms with E-state index in [4.69, 9.17) is 4.42 Å². The molecule has 0 bridgehead atoms. The number of nitrogens with zero attached hydrogens (tertiary/aromatic N) is 2. The number of hydrogen-bond acceptors (Lipinski definition) is 4. The van der Waals surface area contributed by atoms with E-state index in [1.54, 1.807) is 24.6 Å². The van der Waals surface area contributed by atoms with E-state index in [2.05, 4.69) is 4.98 Å². The molecule has 0 aliphatic carbocycles. The highest BCUT2D eigenvalue weighted by atomic mass is 16.4. The zero-order valence-electron chi connectivity index (χ0n) is 14.0. The monoisotopic (exact) mass is 328 g/mol. The fraction of sp³-hybridized carbons (Fsp3) is 0.474. The molecule has 24 heavy (non-hydrogen) atoms. The zero-order chi connectivity index (χ0) is 16.9. The molecule has 5 heteroatoms. The first-order chi connectivity index (χ1) is 11.6. The van der Waals surface area contributed by atoms with Crippen LogP contribution in [0, 0.1) is 6.92 Å². The van der Waals surface area contributed by atoms with Crippen LogP contribution < -0.4 is 0 Å². The first kappa shape index (κ1) is 16.7. The predicted molar refractivity (Wildman–Crippen MR) is 90.6 cm³/mol. The van der Waals surface area contributed by atoms with Crippen molar-refractivity contribution in [3.05, 3.63) is 53.7 Å². The first-order valence-corrected chi connectivity index (χ1v) is 8.60. The summed E-state index contributed by atoms with van der Waals surface area (Å²) in [6.45, 7) is 2.63. The van der Waals surface area contributed by atoms with Gasteiger partial charge in [-0.15, -0.1) is 0 Å². The van der Waals surface area contributed by atoms with Gasteiger partial charge in [0.15, 0.2) is 0 Å². The molecule has 0 unspecified atom stereocenters. The lowest BCUT2D eigenvalue weighted by Crippen LogP contribution is -2.41. The molecule has 0 spiro atoms. The molecule has 3 heterocycles. The maximum Gasteiger partial charge on any atom is 0.255 e. The smallest absolute Gasteiger partial charge is 0.255 e. The second-order valence-electron chi connectivity index (χ2n) is 6.46. The van der Waals surface area contributed by atoms with E-state index < -0.39 is 6.10 Å². The highest BCUT2D eigenvalue weighted by Crippen LogP contribution is 2.27. The quantitative estimate of drug-likeness (QED) is 0.933. The lowest BCUT2D eigenvalue weighted by atomic mass is 10.0. The van der Waals surface area contributed by atoms with E-state index in [1.165, 1.54) is 0 Å². The number of aryl methyl sites for hydroxylation is 1. The molecule has 1 fully saturated rings. The van der Waals surface area contributed by atoms with Gasteiger partial charge >= 0.3 is 0 Å². The molecule has 1 amide bonds. The van der Waals surface area contributed by atoms with Gasteiger partial charge in [0, 0.05) is 30.9 Å². The minimum Gasteiger partial charge on any atom is -0.467 e. The normalized spacial score (nSPS) is 19.8. The Bertz CT molecular complexity index is 652. The summed E-state index contributed by atoms with van der Waals surface area (Å²) in [4.78, 5) is 19.1. The Morgan fingerprint density at radius 1 is 1.38 bits per heavy atom. The van der Waals surface area contributed by atoms with Crippen LogP contribution in [0.3, 0.4) is 0 Å². The number of rotatable bonds is 4. The molecule has 3 rings (SSSR count). The molecule has 5 nitrogen and oxygen atoms in total. The molecule has 1 N–H and O–H groups in total. The van der Waals surface area contributed by atoms with E-state index >= 15 is 0 Å². The Balaban J connectivity index is 1.76. The number of aliphatic hydroxyl groups excluding tert-OH is 1. The number of carbonyl (C=O) groups excluding carboxylic acids is 1. The number of pyridine rings is 1. The van der Waals surface area contributed by atoms with Gasteiger partial charge in [-0.25, -0.2) is 0 Å². The van der Waals surface area contributed by atoms with Crippen LogP contribution in [-0.4, -0.2) is 33.5 Å². The average Bonchev–Trinajstić information content (AvgIpc) is 3.03. The van der Waals surface area contributed by atoms with E-state index in [0.29, 0.717) is 17.7 Å². The molecule has 128 valence electrons. The van der Waals surface area contributed by atoms with Crippen LogP contribution >= 0.6 is 0 Å². The van der Waals surface area contributed by atoms with Crippen molar-refractivity contribution in [1.82, 2.24) is 9.88 Å². The third-order valence-corrected chi connectivity index (χ3v) is 4.66. The number of amides is 1. The predicted octanol–water partition coefficient (Wildman–Crippen LogP) is 3.49. The summed E-state index contributed by atoms with van der Waals surface area (Å²) < 4.78 is 5.30. The average molecular weight is 328 g/mol. The Morgan fingerprint density at radius 3 is 2.96 bits per heavy atom. The maximum absolute atomic E-state index is 12.9. The first-order valence-electron chi connectivity index (χ1n) is 8.60. The fourth-order valence-electron chi connectivity index (χ4n) is 3.30. The molecule has 1 saturated heterocycles. The van der Waals surface area contributed by atoms with Gasteiger partial charge in [-0.2, -0.15) is 0 Å². The Labute approximate surface area is 142 Å². The summed E-state index contributed by atoms with van der Waals surface area (Å²) in [5.74, 6) is 0.560. The minimum atomic E-state index is -0.686. The van der Waals surface area contributed by atoms with E-state index in [9.17, 15) is 9.90 Å². The van der Waals surface area contributed by atoms with E-state index in [-0.39, 0.29) is 11.9 Å². The molecule has 2 aromatic rings. The van der Waals surface area contributed by atoms with Crippen molar-refractivity contribution in [3.8, 4) is 0 Å². The number of hydrogen-bond donors (Lipinski definition) is 1. The van der Waals surface area contributed by atoms with Crippen molar-refractivity contribution in [2.45, 2.75) is 51.2 Å². The number of carbonyl (C=O) groups is 1. The fourth-order valence-corrected chi connectivity index (χ4v) is 3.30. The van der Waals surface area contributed by atoms with Crippen LogP contribution in [0.1, 0.15) is 60.0 Å². The third-order valence-electron chi connectivity index (χ3n) is 4.66. The Hall–Kier alpha value is -2.14. The number of furan rings is 1. The summed E-state index contributed by atoms with van der Waals surface area (Å²) in [5, 5.41) is 10.4. The van der Waals surface area contributed by atoms with Gasteiger partial charge in [0.25, 0.3) is 5.91 Å². The minimum absolute atomic E-state index is 0.000967. The van der Waals surface area contributed by atoms with Crippen LogP contribution in [0.4, 0.5) is 0 Å². The van der Waals surface area contributed by atoms with Gasteiger partial charge in [0.05, 0.1) is 11.8 Å². The van der Waals surface area contributed by atoms with Crippen LogP contribution in [0.2, 0.25) is 0 Å². The summed E-state index contributed by atoms with van der Waals surface area (Å²) in [6, 6.07) is 7.25. The highest BCUT2D eigenvalue weighted by molar-refractivity contribution is 5.94. The summed E-state index contributed by atoms with van der Waals surface area (Å²) in [7, 11) is 0. The maximum atomic E-state index is 12.9. The van der Waals surface area contributed by atoms with Crippen LogP contribution in [-0.2, 0) is 0 Å².